The van der Waals surface area contributed by atoms with E-state index in [1.54, 1.807) is 6.92 Å². The summed E-state index contributed by atoms with van der Waals surface area (Å²) in [7, 11) is 0. The summed E-state index contributed by atoms with van der Waals surface area (Å²) in [6.45, 7) is -2.18. The Kier molecular flexibility index (Phi) is 6.40. The van der Waals surface area contributed by atoms with Crippen LogP contribution in [-0.2, 0) is 18.7 Å². The Morgan fingerprint density at radius 2 is 1.96 bits per heavy atom. The highest BCUT2D eigenvalue weighted by Gasteiger charge is 2.46. The van der Waals surface area contributed by atoms with Gasteiger partial charge in [-0.15, -0.1) is 0 Å². The fourth-order valence-electron chi connectivity index (χ4n) is 2.50. The van der Waals surface area contributed by atoms with Crippen LogP contribution in [0.15, 0.2) is 24.3 Å². The van der Waals surface area contributed by atoms with Crippen molar-refractivity contribution in [3.8, 4) is 5.75 Å². The van der Waals surface area contributed by atoms with E-state index in [1.165, 1.54) is 12.1 Å². The molecule has 1 fully saturated rings. The average Bonchev–Trinajstić information content (AvgIpc) is 3.02. The molecule has 0 aliphatic heterocycles. The molecule has 1 aliphatic carbocycles. The number of carbonyl (C=O) groups is 1. The summed E-state index contributed by atoms with van der Waals surface area (Å²) in [5.74, 6) is -0.839. The lowest BCUT2D eigenvalue weighted by atomic mass is 10.00. The predicted molar refractivity (Wildman–Crippen MR) is 89.2 cm³/mol. The van der Waals surface area contributed by atoms with Crippen molar-refractivity contribution in [3.05, 3.63) is 34.4 Å². The lowest BCUT2D eigenvalue weighted by molar-refractivity contribution is -0.384. The standard InChI is InChI=1S/C14H18ClN2O7P/c1-2-22-16-14(9-3-4-10-14)13(18)24-25(15,21)23-12-7-5-11(6-8-12)17(19)20/h5-8,16H,2-4,9-10H2,1H3. The summed E-state index contributed by atoms with van der Waals surface area (Å²) in [5, 5.41) is 10.6. The van der Waals surface area contributed by atoms with E-state index >= 15 is 0 Å². The summed E-state index contributed by atoms with van der Waals surface area (Å²) in [5.41, 5.74) is 1.39. The fraction of sp³-hybridized carbons (Fsp3) is 0.500. The topological polar surface area (TPSA) is 117 Å². The highest BCUT2D eigenvalue weighted by atomic mass is 35.7. The van der Waals surface area contributed by atoms with E-state index in [2.05, 4.69) is 5.48 Å². The van der Waals surface area contributed by atoms with Crippen molar-refractivity contribution in [3.63, 3.8) is 0 Å². The molecule has 1 unspecified atom stereocenters. The number of benzene rings is 1. The van der Waals surface area contributed by atoms with Crippen LogP contribution in [-0.4, -0.2) is 23.0 Å². The van der Waals surface area contributed by atoms with Crippen molar-refractivity contribution in [1.29, 1.82) is 0 Å². The van der Waals surface area contributed by atoms with Gasteiger partial charge in [-0.1, -0.05) is 12.8 Å². The molecule has 1 saturated carbocycles. The number of nitrogens with one attached hydrogen (secondary N) is 1. The van der Waals surface area contributed by atoms with Gasteiger partial charge in [0.05, 0.1) is 11.5 Å². The summed E-state index contributed by atoms with van der Waals surface area (Å²) in [6.07, 6.45) is 2.48. The van der Waals surface area contributed by atoms with Crippen LogP contribution in [0.2, 0.25) is 0 Å². The number of rotatable bonds is 8. The SMILES string of the molecule is CCONC1(C(=O)OP(=O)(Cl)Oc2ccc([N+](=O)[O-])cc2)CCCC1. The monoisotopic (exact) mass is 392 g/mol. The highest BCUT2D eigenvalue weighted by Crippen LogP contribution is 2.54. The molecule has 0 spiro atoms. The van der Waals surface area contributed by atoms with E-state index in [0.717, 1.165) is 25.0 Å². The molecule has 0 heterocycles. The van der Waals surface area contributed by atoms with Crippen LogP contribution < -0.4 is 10.0 Å². The van der Waals surface area contributed by atoms with Crippen molar-refractivity contribution in [2.45, 2.75) is 38.1 Å². The van der Waals surface area contributed by atoms with Gasteiger partial charge in [-0.2, -0.15) is 5.48 Å². The van der Waals surface area contributed by atoms with Gasteiger partial charge in [0.1, 0.15) is 11.3 Å². The van der Waals surface area contributed by atoms with Gasteiger partial charge in [-0.25, -0.2) is 9.36 Å². The second-order valence-corrected chi connectivity index (χ2v) is 7.94. The molecule has 1 aliphatic rings. The molecule has 0 aromatic heterocycles. The Bertz CT molecular complexity index is 676. The Hall–Kier alpha value is -1.67. The average molecular weight is 393 g/mol. The van der Waals surface area contributed by atoms with Crippen LogP contribution in [0.25, 0.3) is 0 Å². The van der Waals surface area contributed by atoms with Crippen molar-refractivity contribution in [2.75, 3.05) is 6.61 Å². The first-order valence-electron chi connectivity index (χ1n) is 7.65. The van der Waals surface area contributed by atoms with Crippen molar-refractivity contribution in [1.82, 2.24) is 5.48 Å². The molecule has 0 bridgehead atoms. The maximum absolute atomic E-state index is 12.4. The Morgan fingerprint density at radius 1 is 1.36 bits per heavy atom. The molecule has 25 heavy (non-hydrogen) atoms. The quantitative estimate of drug-likeness (QED) is 0.404. The smallest absolute Gasteiger partial charge is 0.405 e. The van der Waals surface area contributed by atoms with E-state index in [9.17, 15) is 19.5 Å². The third-order valence-corrected chi connectivity index (χ3v) is 4.94. The van der Waals surface area contributed by atoms with E-state index in [4.69, 9.17) is 25.1 Å². The number of halogens is 1. The summed E-state index contributed by atoms with van der Waals surface area (Å²) >= 11 is 5.73. The largest absolute Gasteiger partial charge is 0.532 e. The maximum atomic E-state index is 12.4. The Labute approximate surface area is 149 Å². The zero-order valence-corrected chi connectivity index (χ0v) is 15.1. The van der Waals surface area contributed by atoms with Crippen LogP contribution in [0.5, 0.6) is 5.75 Å². The lowest BCUT2D eigenvalue weighted by Gasteiger charge is -2.27. The minimum atomic E-state index is -4.28. The van der Waals surface area contributed by atoms with E-state index in [1.807, 2.05) is 0 Å². The molecule has 0 amide bonds. The number of non-ortho nitro benzene ring substituents is 1. The first kappa shape index (κ1) is 19.7. The summed E-state index contributed by atoms with van der Waals surface area (Å²) in [6, 6.07) is 4.74. The number of nitro benzene ring substituents is 1. The zero-order chi connectivity index (χ0) is 18.5. The van der Waals surface area contributed by atoms with Gasteiger partial charge in [0, 0.05) is 23.4 Å². The van der Waals surface area contributed by atoms with Crippen molar-refractivity contribution in [2.24, 2.45) is 0 Å². The number of carbonyl (C=O) groups excluding carboxylic acids is 1. The van der Waals surface area contributed by atoms with E-state index in [0.29, 0.717) is 19.4 Å². The van der Waals surface area contributed by atoms with Crippen LogP contribution in [0.1, 0.15) is 32.6 Å². The summed E-state index contributed by atoms with van der Waals surface area (Å²) < 4.78 is 22.2. The minimum Gasteiger partial charge on any atom is -0.405 e. The van der Waals surface area contributed by atoms with Gasteiger partial charge in [0.25, 0.3) is 5.69 Å². The first-order chi connectivity index (χ1) is 11.8. The fourth-order valence-corrected chi connectivity index (χ4v) is 3.71. The molecule has 2 rings (SSSR count). The molecule has 138 valence electrons. The Balaban J connectivity index is 2.04. The molecule has 0 saturated heterocycles. The molecular weight excluding hydrogens is 375 g/mol. The third kappa shape index (κ3) is 5.15. The molecule has 1 aromatic carbocycles. The van der Waals surface area contributed by atoms with Gasteiger partial charge in [0.2, 0.25) is 0 Å². The lowest BCUT2D eigenvalue weighted by Crippen LogP contribution is -2.50. The van der Waals surface area contributed by atoms with Gasteiger partial charge < -0.3 is 13.9 Å². The molecule has 9 nitrogen and oxygen atoms in total. The zero-order valence-electron chi connectivity index (χ0n) is 13.5. The van der Waals surface area contributed by atoms with Crippen LogP contribution in [0, 0.1) is 10.1 Å². The van der Waals surface area contributed by atoms with Crippen LogP contribution >= 0.6 is 18.2 Å². The predicted octanol–water partition coefficient (Wildman–Crippen LogP) is 3.72. The molecule has 1 N–H and O–H groups in total. The van der Waals surface area contributed by atoms with Crippen molar-refractivity contribution < 1.29 is 28.2 Å². The first-order valence-corrected chi connectivity index (χ1v) is 10.1. The second kappa shape index (κ2) is 8.14. The van der Waals surface area contributed by atoms with E-state index < -0.39 is 23.4 Å². The highest BCUT2D eigenvalue weighted by molar-refractivity contribution is 7.82. The second-order valence-electron chi connectivity index (χ2n) is 5.48. The van der Waals surface area contributed by atoms with Gasteiger partial charge >= 0.3 is 12.9 Å². The van der Waals surface area contributed by atoms with Gasteiger partial charge in [0.15, 0.2) is 0 Å². The number of hydrogen-bond acceptors (Lipinski definition) is 8. The van der Waals surface area contributed by atoms with Gasteiger partial charge in [-0.05, 0) is 31.9 Å². The minimum absolute atomic E-state index is 0.0185. The number of hydrogen-bond donors (Lipinski definition) is 1. The number of nitrogens with zero attached hydrogens (tertiary/aromatic N) is 1. The number of hydroxylamine groups is 1. The molecule has 11 heteroatoms. The number of nitro groups is 1. The summed E-state index contributed by atoms with van der Waals surface area (Å²) in [4.78, 5) is 27.6. The maximum Gasteiger partial charge on any atom is 0.532 e. The molecule has 1 atom stereocenters. The molecule has 1 aromatic rings. The van der Waals surface area contributed by atoms with E-state index in [-0.39, 0.29) is 11.4 Å². The normalized spacial score (nSPS) is 18.3. The molecular formula is C14H18ClN2O7P. The van der Waals surface area contributed by atoms with Crippen LogP contribution in [0.4, 0.5) is 5.69 Å². The van der Waals surface area contributed by atoms with Crippen molar-refractivity contribution >= 4 is 29.8 Å². The third-order valence-electron chi connectivity index (χ3n) is 3.71. The Morgan fingerprint density at radius 3 is 2.48 bits per heavy atom. The molecule has 0 radical (unpaired) electrons. The van der Waals surface area contributed by atoms with Gasteiger partial charge in [-0.3, -0.25) is 10.1 Å². The van der Waals surface area contributed by atoms with Crippen LogP contribution in [0.3, 0.4) is 0 Å².